The molecule has 0 bridgehead atoms. The Hall–Kier alpha value is -3.43. The van der Waals surface area contributed by atoms with Crippen molar-refractivity contribution in [3.63, 3.8) is 0 Å². The van der Waals surface area contributed by atoms with E-state index >= 15 is 0 Å². The van der Waals surface area contributed by atoms with Crippen LogP contribution in [0.1, 0.15) is 28.4 Å². The van der Waals surface area contributed by atoms with Gasteiger partial charge in [-0.1, -0.05) is 11.6 Å². The lowest BCUT2D eigenvalue weighted by Gasteiger charge is -2.13. The maximum atomic E-state index is 14.7. The Morgan fingerprint density at radius 3 is 2.49 bits per heavy atom. The van der Waals surface area contributed by atoms with Gasteiger partial charge in [0.2, 0.25) is 0 Å². The summed E-state index contributed by atoms with van der Waals surface area (Å²) < 4.78 is 27.3. The lowest BCUT2D eigenvalue weighted by atomic mass is 10.0. The Bertz CT molecular complexity index is 1440. The maximum Gasteiger partial charge on any atom is 0.344 e. The van der Waals surface area contributed by atoms with Crippen molar-refractivity contribution in [2.75, 3.05) is 7.11 Å². The van der Waals surface area contributed by atoms with Gasteiger partial charge in [-0.25, -0.2) is 14.2 Å². The zero-order valence-electron chi connectivity index (χ0n) is 18.6. The molecule has 7 nitrogen and oxygen atoms in total. The number of ether oxygens (including phenoxy) is 2. The van der Waals surface area contributed by atoms with Crippen molar-refractivity contribution in [1.29, 1.82) is 0 Å². The van der Waals surface area contributed by atoms with Crippen molar-refractivity contribution < 1.29 is 28.6 Å². The summed E-state index contributed by atoms with van der Waals surface area (Å²) in [4.78, 5) is 29.0. The van der Waals surface area contributed by atoms with Crippen molar-refractivity contribution in [1.82, 2.24) is 9.55 Å². The highest BCUT2D eigenvalue weighted by Gasteiger charge is 2.25. The fourth-order valence-electron chi connectivity index (χ4n) is 3.58. The van der Waals surface area contributed by atoms with Crippen LogP contribution in [0.5, 0.6) is 11.5 Å². The number of benzene rings is 2. The standard InChI is InChI=1S/C25H19BrClFN2O5/c1-13(25(32)33)35-17-7-9-19(28)15(11-17)12-30-23(27)21(18-8-10-20(26)29-24(18)30)22(31)14-3-5-16(34-2)6-4-14/h3-11,13H,12H2,1-2H3,(H,32,33)/t13-/m0/s1. The Balaban J connectivity index is 1.79. The van der Waals surface area contributed by atoms with Crippen LogP contribution in [-0.2, 0) is 11.3 Å². The van der Waals surface area contributed by atoms with E-state index in [2.05, 4.69) is 20.9 Å². The highest BCUT2D eigenvalue weighted by Crippen LogP contribution is 2.34. The molecule has 0 saturated carbocycles. The Kier molecular flexibility index (Phi) is 7.09. The first-order valence-electron chi connectivity index (χ1n) is 10.4. The first-order chi connectivity index (χ1) is 16.7. The van der Waals surface area contributed by atoms with E-state index in [1.807, 2.05) is 0 Å². The quantitative estimate of drug-likeness (QED) is 0.218. The summed E-state index contributed by atoms with van der Waals surface area (Å²) in [5.41, 5.74) is 1.20. The second-order valence-corrected chi connectivity index (χ2v) is 8.84. The minimum Gasteiger partial charge on any atom is -0.497 e. The summed E-state index contributed by atoms with van der Waals surface area (Å²) in [6, 6.07) is 14.0. The van der Waals surface area contributed by atoms with Gasteiger partial charge in [-0.3, -0.25) is 4.79 Å². The number of carboxylic acid groups (broad SMARTS) is 1. The summed E-state index contributed by atoms with van der Waals surface area (Å²) in [6.45, 7) is 1.30. The molecule has 0 aliphatic rings. The maximum absolute atomic E-state index is 14.7. The van der Waals surface area contributed by atoms with Gasteiger partial charge in [-0.15, -0.1) is 0 Å². The van der Waals surface area contributed by atoms with Gasteiger partial charge < -0.3 is 19.1 Å². The predicted octanol–water partition coefficient (Wildman–Crippen LogP) is 5.73. The highest BCUT2D eigenvalue weighted by atomic mass is 79.9. The summed E-state index contributed by atoms with van der Waals surface area (Å²) in [5, 5.41) is 9.69. The molecule has 0 saturated heterocycles. The molecule has 0 amide bonds. The number of ketones is 1. The van der Waals surface area contributed by atoms with Crippen molar-refractivity contribution in [2.24, 2.45) is 0 Å². The van der Waals surface area contributed by atoms with Crippen LogP contribution >= 0.6 is 27.5 Å². The zero-order valence-corrected chi connectivity index (χ0v) is 20.9. The summed E-state index contributed by atoms with van der Waals surface area (Å²) in [7, 11) is 1.53. The number of aromatic nitrogens is 2. The number of carbonyl (C=O) groups excluding carboxylic acids is 1. The molecule has 0 aliphatic carbocycles. The predicted molar refractivity (Wildman–Crippen MR) is 132 cm³/mol. The number of pyridine rings is 1. The summed E-state index contributed by atoms with van der Waals surface area (Å²) in [6.07, 6.45) is -1.12. The summed E-state index contributed by atoms with van der Waals surface area (Å²) in [5.74, 6) is -1.22. The Morgan fingerprint density at radius 1 is 1.14 bits per heavy atom. The lowest BCUT2D eigenvalue weighted by molar-refractivity contribution is -0.144. The number of carbonyl (C=O) groups is 2. The van der Waals surface area contributed by atoms with Gasteiger partial charge in [0.15, 0.2) is 11.9 Å². The number of halogens is 3. The number of hydrogen-bond acceptors (Lipinski definition) is 5. The molecule has 0 unspecified atom stereocenters. The van der Waals surface area contributed by atoms with Crippen LogP contribution in [0.25, 0.3) is 11.0 Å². The zero-order chi connectivity index (χ0) is 25.3. The molecule has 35 heavy (non-hydrogen) atoms. The van der Waals surface area contributed by atoms with E-state index in [-0.39, 0.29) is 34.4 Å². The normalized spacial score (nSPS) is 11.9. The smallest absolute Gasteiger partial charge is 0.344 e. The van der Waals surface area contributed by atoms with Crippen LogP contribution in [0.2, 0.25) is 5.15 Å². The Morgan fingerprint density at radius 2 is 1.83 bits per heavy atom. The monoisotopic (exact) mass is 560 g/mol. The minimum atomic E-state index is -1.15. The molecule has 180 valence electrons. The second-order valence-electron chi connectivity index (χ2n) is 7.67. The van der Waals surface area contributed by atoms with E-state index in [1.54, 1.807) is 36.4 Å². The molecule has 0 aliphatic heterocycles. The molecule has 2 aromatic heterocycles. The van der Waals surface area contributed by atoms with Crippen LogP contribution in [0, 0.1) is 5.82 Å². The van der Waals surface area contributed by atoms with Gasteiger partial charge in [0.05, 0.1) is 19.2 Å². The number of fused-ring (bicyclic) bond motifs is 1. The minimum absolute atomic E-state index is 0.0703. The molecule has 1 N–H and O–H groups in total. The number of methoxy groups -OCH3 is 1. The van der Waals surface area contributed by atoms with Crippen LogP contribution in [0.15, 0.2) is 59.2 Å². The first kappa shape index (κ1) is 24.7. The lowest BCUT2D eigenvalue weighted by Crippen LogP contribution is -2.23. The molecule has 10 heteroatoms. The molecule has 0 fully saturated rings. The largest absolute Gasteiger partial charge is 0.497 e. The molecule has 0 radical (unpaired) electrons. The van der Waals surface area contributed by atoms with Crippen molar-refractivity contribution in [2.45, 2.75) is 19.6 Å². The van der Waals surface area contributed by atoms with E-state index in [1.165, 1.54) is 36.8 Å². The molecule has 1 atom stereocenters. The van der Waals surface area contributed by atoms with Gasteiger partial charge in [-0.2, -0.15) is 0 Å². The third-order valence-corrected chi connectivity index (χ3v) is 6.23. The first-order valence-corrected chi connectivity index (χ1v) is 11.6. The van der Waals surface area contributed by atoms with E-state index in [0.717, 1.165) is 0 Å². The summed E-state index contributed by atoms with van der Waals surface area (Å²) >= 11 is 10.0. The van der Waals surface area contributed by atoms with Crippen LogP contribution in [-0.4, -0.2) is 39.6 Å². The Labute approximate surface area is 213 Å². The van der Waals surface area contributed by atoms with Crippen LogP contribution < -0.4 is 9.47 Å². The third-order valence-electron chi connectivity index (χ3n) is 5.39. The molecule has 2 heterocycles. The number of aliphatic carboxylic acids is 1. The number of nitrogens with zero attached hydrogens (tertiary/aromatic N) is 2. The van der Waals surface area contributed by atoms with Gasteiger partial charge in [0.1, 0.15) is 32.7 Å². The number of rotatable bonds is 8. The second kappa shape index (κ2) is 10.1. The SMILES string of the molecule is COc1ccc(C(=O)c2c(Cl)n(Cc3cc(O[C@@H](C)C(=O)O)ccc3F)c3nc(Br)ccc23)cc1. The van der Waals surface area contributed by atoms with Crippen LogP contribution in [0.3, 0.4) is 0 Å². The number of carboxylic acids is 1. The van der Waals surface area contributed by atoms with E-state index in [0.29, 0.717) is 26.9 Å². The molecule has 4 aromatic rings. The fourth-order valence-corrected chi connectivity index (χ4v) is 4.21. The number of hydrogen-bond donors (Lipinski definition) is 1. The van der Waals surface area contributed by atoms with Crippen LogP contribution in [0.4, 0.5) is 4.39 Å². The van der Waals surface area contributed by atoms with E-state index in [9.17, 15) is 14.0 Å². The van der Waals surface area contributed by atoms with Crippen molar-refractivity contribution >= 4 is 50.3 Å². The topological polar surface area (TPSA) is 90.7 Å². The average molecular weight is 562 g/mol. The molecular formula is C25H19BrClFN2O5. The average Bonchev–Trinajstić information content (AvgIpc) is 3.11. The van der Waals surface area contributed by atoms with Crippen molar-refractivity contribution in [3.8, 4) is 11.5 Å². The molecular weight excluding hydrogens is 543 g/mol. The van der Waals surface area contributed by atoms with Gasteiger partial charge in [0.25, 0.3) is 0 Å². The van der Waals surface area contributed by atoms with Crippen molar-refractivity contribution in [3.05, 3.63) is 86.9 Å². The highest BCUT2D eigenvalue weighted by molar-refractivity contribution is 9.10. The van der Waals surface area contributed by atoms with E-state index in [4.69, 9.17) is 26.2 Å². The fraction of sp³-hybridized carbons (Fsp3) is 0.160. The van der Waals surface area contributed by atoms with Gasteiger partial charge in [-0.05, 0) is 77.5 Å². The molecule has 2 aromatic carbocycles. The third kappa shape index (κ3) is 5.01. The molecule has 4 rings (SSSR count). The van der Waals surface area contributed by atoms with Gasteiger partial charge in [0, 0.05) is 16.5 Å². The molecule has 0 spiro atoms. The van der Waals surface area contributed by atoms with Gasteiger partial charge >= 0.3 is 5.97 Å². The van der Waals surface area contributed by atoms with E-state index < -0.39 is 17.9 Å².